The van der Waals surface area contributed by atoms with Crippen LogP contribution in [0.15, 0.2) is 24.3 Å². The van der Waals surface area contributed by atoms with E-state index >= 15 is 0 Å². The second kappa shape index (κ2) is 7.19. The zero-order valence-electron chi connectivity index (χ0n) is 10.7. The van der Waals surface area contributed by atoms with Crippen molar-refractivity contribution in [1.29, 1.82) is 0 Å². The Morgan fingerprint density at radius 2 is 2.05 bits per heavy atom. The zero-order valence-corrected chi connectivity index (χ0v) is 10.7. The van der Waals surface area contributed by atoms with Gasteiger partial charge in [-0.2, -0.15) is 0 Å². The molecule has 0 aliphatic rings. The molecule has 0 fully saturated rings. The summed E-state index contributed by atoms with van der Waals surface area (Å²) in [6.45, 7) is -0.165. The van der Waals surface area contributed by atoms with Crippen LogP contribution in [0.1, 0.15) is 22.3 Å². The highest BCUT2D eigenvalue weighted by molar-refractivity contribution is 5.98. The molecule has 0 aliphatic carbocycles. The Morgan fingerprint density at radius 1 is 1.37 bits per heavy atom. The molecule has 0 heterocycles. The van der Waals surface area contributed by atoms with Gasteiger partial charge in [0.25, 0.3) is 5.91 Å². The zero-order chi connectivity index (χ0) is 14.3. The van der Waals surface area contributed by atoms with Crippen LogP contribution in [0.2, 0.25) is 0 Å². The van der Waals surface area contributed by atoms with Crippen LogP contribution in [-0.4, -0.2) is 42.0 Å². The van der Waals surface area contributed by atoms with Gasteiger partial charge in [0.15, 0.2) is 0 Å². The largest absolute Gasteiger partial charge is 0.395 e. The maximum atomic E-state index is 12.1. The Labute approximate surface area is 112 Å². The number of aliphatic hydroxyl groups excluding tert-OH is 1. The normalized spacial score (nSPS) is 9.37. The third-order valence-electron chi connectivity index (χ3n) is 2.36. The number of hydrogen-bond donors (Lipinski definition) is 2. The number of likely N-dealkylation sites (N-methyl/N-ethyl adjacent to an activating group) is 1. The molecule has 5 heteroatoms. The first-order valence-electron chi connectivity index (χ1n) is 5.78. The number of aliphatic hydroxyl groups is 1. The fourth-order valence-electron chi connectivity index (χ4n) is 1.50. The van der Waals surface area contributed by atoms with Crippen LogP contribution in [0.3, 0.4) is 0 Å². The van der Waals surface area contributed by atoms with Gasteiger partial charge in [-0.3, -0.25) is 9.59 Å². The standard InChI is InChI=1S/C14H16N2O3/c1-16(10-13(15)18)14(19)12-8-3-2-6-11(12)7-4-5-9-17/h2-3,6,8,17H,5,9-10H2,1H3,(H2,15,18). The number of amides is 2. The van der Waals surface area contributed by atoms with Gasteiger partial charge in [-0.1, -0.05) is 24.0 Å². The van der Waals surface area contributed by atoms with Crippen LogP contribution in [0.5, 0.6) is 0 Å². The number of carbonyl (C=O) groups excluding carboxylic acids is 2. The summed E-state index contributed by atoms with van der Waals surface area (Å²) in [5, 5.41) is 8.68. The van der Waals surface area contributed by atoms with E-state index < -0.39 is 5.91 Å². The van der Waals surface area contributed by atoms with E-state index in [2.05, 4.69) is 11.8 Å². The lowest BCUT2D eigenvalue weighted by Gasteiger charge is -2.15. The molecular weight excluding hydrogens is 244 g/mol. The van der Waals surface area contributed by atoms with Crippen LogP contribution < -0.4 is 5.73 Å². The number of carbonyl (C=O) groups is 2. The van der Waals surface area contributed by atoms with Gasteiger partial charge in [0, 0.05) is 19.0 Å². The molecule has 0 aliphatic heterocycles. The Hall–Kier alpha value is -2.32. The number of hydrogen-bond acceptors (Lipinski definition) is 3. The summed E-state index contributed by atoms with van der Waals surface area (Å²) in [4.78, 5) is 24.2. The molecule has 0 saturated carbocycles. The predicted molar refractivity (Wildman–Crippen MR) is 71.2 cm³/mol. The molecule has 1 aromatic carbocycles. The van der Waals surface area contributed by atoms with Crippen molar-refractivity contribution >= 4 is 11.8 Å². The molecule has 0 aromatic heterocycles. The SMILES string of the molecule is CN(CC(N)=O)C(=O)c1ccccc1C#CCCO. The summed E-state index contributed by atoms with van der Waals surface area (Å²) in [7, 11) is 1.50. The maximum absolute atomic E-state index is 12.1. The quantitative estimate of drug-likeness (QED) is 0.746. The topological polar surface area (TPSA) is 83.6 Å². The number of nitrogens with two attached hydrogens (primary N) is 1. The smallest absolute Gasteiger partial charge is 0.255 e. The minimum Gasteiger partial charge on any atom is -0.395 e. The maximum Gasteiger partial charge on any atom is 0.255 e. The van der Waals surface area contributed by atoms with Gasteiger partial charge in [-0.05, 0) is 12.1 Å². The highest BCUT2D eigenvalue weighted by atomic mass is 16.2. The van der Waals surface area contributed by atoms with E-state index in [1.165, 1.54) is 11.9 Å². The molecule has 19 heavy (non-hydrogen) atoms. The predicted octanol–water partition coefficient (Wildman–Crippen LogP) is -0.0222. The van der Waals surface area contributed by atoms with Crippen LogP contribution in [-0.2, 0) is 4.79 Å². The van der Waals surface area contributed by atoms with E-state index in [0.29, 0.717) is 17.5 Å². The molecule has 0 unspecified atom stereocenters. The van der Waals surface area contributed by atoms with Crippen molar-refractivity contribution in [2.75, 3.05) is 20.2 Å². The van der Waals surface area contributed by atoms with Gasteiger partial charge >= 0.3 is 0 Å². The fraction of sp³-hybridized carbons (Fsp3) is 0.286. The van der Waals surface area contributed by atoms with E-state index in [9.17, 15) is 9.59 Å². The van der Waals surface area contributed by atoms with Crippen molar-refractivity contribution in [3.8, 4) is 11.8 Å². The van der Waals surface area contributed by atoms with E-state index in [1.807, 2.05) is 0 Å². The molecule has 0 spiro atoms. The number of primary amides is 1. The third kappa shape index (κ3) is 4.45. The van der Waals surface area contributed by atoms with Crippen molar-refractivity contribution in [2.24, 2.45) is 5.73 Å². The highest BCUT2D eigenvalue weighted by Crippen LogP contribution is 2.10. The third-order valence-corrected chi connectivity index (χ3v) is 2.36. The summed E-state index contributed by atoms with van der Waals surface area (Å²) >= 11 is 0. The molecule has 2 amide bonds. The first kappa shape index (κ1) is 14.7. The molecule has 0 bridgehead atoms. The lowest BCUT2D eigenvalue weighted by molar-refractivity contribution is -0.118. The number of rotatable bonds is 4. The summed E-state index contributed by atoms with van der Waals surface area (Å²) in [6.07, 6.45) is 0.347. The van der Waals surface area contributed by atoms with E-state index in [1.54, 1.807) is 24.3 Å². The van der Waals surface area contributed by atoms with Gasteiger partial charge in [-0.15, -0.1) is 0 Å². The highest BCUT2D eigenvalue weighted by Gasteiger charge is 2.15. The van der Waals surface area contributed by atoms with Crippen molar-refractivity contribution in [1.82, 2.24) is 4.90 Å². The van der Waals surface area contributed by atoms with Gasteiger partial charge in [0.1, 0.15) is 0 Å². The first-order valence-corrected chi connectivity index (χ1v) is 5.78. The summed E-state index contributed by atoms with van der Waals surface area (Å²) in [5.74, 6) is 4.71. The fourth-order valence-corrected chi connectivity index (χ4v) is 1.50. The van der Waals surface area contributed by atoms with E-state index in [4.69, 9.17) is 10.8 Å². The summed E-state index contributed by atoms with van der Waals surface area (Å²) < 4.78 is 0. The lowest BCUT2D eigenvalue weighted by atomic mass is 10.1. The molecule has 1 aromatic rings. The Morgan fingerprint density at radius 3 is 2.68 bits per heavy atom. The molecule has 0 radical (unpaired) electrons. The molecule has 100 valence electrons. The van der Waals surface area contributed by atoms with E-state index in [0.717, 1.165) is 0 Å². The lowest BCUT2D eigenvalue weighted by Crippen LogP contribution is -2.35. The molecule has 3 N–H and O–H groups in total. The van der Waals surface area contributed by atoms with Crippen LogP contribution in [0, 0.1) is 11.8 Å². The monoisotopic (exact) mass is 260 g/mol. The van der Waals surface area contributed by atoms with Gasteiger partial charge in [-0.25, -0.2) is 0 Å². The Bertz CT molecular complexity index is 529. The van der Waals surface area contributed by atoms with E-state index in [-0.39, 0.29) is 19.1 Å². The van der Waals surface area contributed by atoms with Crippen molar-refractivity contribution in [2.45, 2.75) is 6.42 Å². The number of benzene rings is 1. The summed E-state index contributed by atoms with van der Waals surface area (Å²) in [6, 6.07) is 6.86. The van der Waals surface area contributed by atoms with Crippen LogP contribution in [0.25, 0.3) is 0 Å². The van der Waals surface area contributed by atoms with Crippen LogP contribution >= 0.6 is 0 Å². The van der Waals surface area contributed by atoms with Crippen molar-refractivity contribution in [3.05, 3.63) is 35.4 Å². The van der Waals surface area contributed by atoms with Gasteiger partial charge in [0.05, 0.1) is 18.7 Å². The molecular formula is C14H16N2O3. The Balaban J connectivity index is 2.97. The average Bonchev–Trinajstić information content (AvgIpc) is 2.38. The molecule has 0 saturated heterocycles. The average molecular weight is 260 g/mol. The Kier molecular flexibility index (Phi) is 5.58. The van der Waals surface area contributed by atoms with Gasteiger partial charge in [0.2, 0.25) is 5.91 Å². The molecule has 1 rings (SSSR count). The van der Waals surface area contributed by atoms with Crippen molar-refractivity contribution < 1.29 is 14.7 Å². The molecule has 5 nitrogen and oxygen atoms in total. The number of nitrogens with zero attached hydrogens (tertiary/aromatic N) is 1. The minimum absolute atomic E-state index is 0.0231. The minimum atomic E-state index is -0.570. The second-order valence-electron chi connectivity index (χ2n) is 3.95. The van der Waals surface area contributed by atoms with Crippen molar-refractivity contribution in [3.63, 3.8) is 0 Å². The second-order valence-corrected chi connectivity index (χ2v) is 3.95. The van der Waals surface area contributed by atoms with Crippen LogP contribution in [0.4, 0.5) is 0 Å². The van der Waals surface area contributed by atoms with Gasteiger partial charge < -0.3 is 15.7 Å². The summed E-state index contributed by atoms with van der Waals surface area (Å²) in [5.41, 5.74) is 6.04. The first-order chi connectivity index (χ1) is 9.06. The molecule has 0 atom stereocenters.